The van der Waals surface area contributed by atoms with E-state index in [0.717, 1.165) is 6.08 Å². The summed E-state index contributed by atoms with van der Waals surface area (Å²) < 4.78 is 34.0. The van der Waals surface area contributed by atoms with Crippen LogP contribution >= 0.6 is 0 Å². The molecule has 0 saturated heterocycles. The Morgan fingerprint density at radius 3 is 2.20 bits per heavy atom. The molecule has 0 saturated carbocycles. The highest BCUT2D eigenvalue weighted by Crippen LogP contribution is 2.15. The van der Waals surface area contributed by atoms with Crippen LogP contribution in [0.3, 0.4) is 0 Å². The van der Waals surface area contributed by atoms with Crippen molar-refractivity contribution in [3.8, 4) is 0 Å². The second-order valence-corrected chi connectivity index (χ2v) is 1.56. The van der Waals surface area contributed by atoms with Gasteiger partial charge in [0.1, 0.15) is 0 Å². The Balaban J connectivity index is 3.66. The third kappa shape index (κ3) is 7.23. The molecule has 0 aromatic rings. The first-order chi connectivity index (χ1) is 4.56. The lowest BCUT2D eigenvalue weighted by molar-refractivity contribution is -0.0798. The van der Waals surface area contributed by atoms with Crippen LogP contribution in [0, 0.1) is 0 Å². The first-order valence-corrected chi connectivity index (χ1v) is 2.67. The fourth-order valence-corrected chi connectivity index (χ4v) is 0.322. The Labute approximate surface area is 57.0 Å². The Morgan fingerprint density at radius 2 is 1.80 bits per heavy atom. The molecular formula is C6H8F3N. The number of allylic oxidation sites excluding steroid dienone is 3. The molecule has 1 nitrogen and oxygen atoms in total. The summed E-state index contributed by atoms with van der Waals surface area (Å²) in [6, 6.07) is 0. The van der Waals surface area contributed by atoms with Crippen molar-refractivity contribution in [1.29, 1.82) is 0 Å². The lowest BCUT2D eigenvalue weighted by Gasteiger charge is -1.94. The van der Waals surface area contributed by atoms with E-state index in [4.69, 9.17) is 5.73 Å². The third-order valence-electron chi connectivity index (χ3n) is 0.668. The Hall–Kier alpha value is -0.770. The summed E-state index contributed by atoms with van der Waals surface area (Å²) in [5.41, 5.74) is 4.98. The van der Waals surface area contributed by atoms with Gasteiger partial charge in [-0.2, -0.15) is 13.2 Å². The van der Waals surface area contributed by atoms with Crippen molar-refractivity contribution in [1.82, 2.24) is 0 Å². The molecule has 0 heterocycles. The lowest BCUT2D eigenvalue weighted by Crippen LogP contribution is -1.99. The van der Waals surface area contributed by atoms with E-state index in [9.17, 15) is 13.2 Å². The number of nitrogens with two attached hydrogens (primary N) is 1. The molecule has 0 aliphatic carbocycles. The summed E-state index contributed by atoms with van der Waals surface area (Å²) in [5.74, 6) is 0. The van der Waals surface area contributed by atoms with Gasteiger partial charge in [0, 0.05) is 12.6 Å². The lowest BCUT2D eigenvalue weighted by atomic mass is 10.4. The summed E-state index contributed by atoms with van der Waals surface area (Å²) in [5, 5.41) is 0. The average molecular weight is 151 g/mol. The number of rotatable bonds is 2. The first-order valence-electron chi connectivity index (χ1n) is 2.67. The molecule has 0 aromatic carbocycles. The second-order valence-electron chi connectivity index (χ2n) is 1.56. The van der Waals surface area contributed by atoms with Crippen molar-refractivity contribution in [2.75, 3.05) is 6.54 Å². The van der Waals surface area contributed by atoms with Crippen LogP contribution < -0.4 is 5.73 Å². The topological polar surface area (TPSA) is 26.0 Å². The van der Waals surface area contributed by atoms with E-state index in [1.165, 1.54) is 12.2 Å². The molecule has 0 rings (SSSR count). The van der Waals surface area contributed by atoms with E-state index in [-0.39, 0.29) is 12.6 Å². The van der Waals surface area contributed by atoms with Gasteiger partial charge in [-0.1, -0.05) is 18.2 Å². The molecular weight excluding hydrogens is 143 g/mol. The third-order valence-corrected chi connectivity index (χ3v) is 0.668. The van der Waals surface area contributed by atoms with Crippen molar-refractivity contribution in [2.24, 2.45) is 5.73 Å². The van der Waals surface area contributed by atoms with Gasteiger partial charge in [0.05, 0.1) is 0 Å². The minimum Gasteiger partial charge on any atom is -0.327 e. The highest BCUT2D eigenvalue weighted by Gasteiger charge is 2.20. The molecule has 0 spiro atoms. The van der Waals surface area contributed by atoms with Gasteiger partial charge >= 0.3 is 6.18 Å². The maximum atomic E-state index is 11.3. The highest BCUT2D eigenvalue weighted by atomic mass is 19.4. The van der Waals surface area contributed by atoms with Gasteiger partial charge in [-0.15, -0.1) is 0 Å². The number of alkyl halides is 3. The van der Waals surface area contributed by atoms with E-state index in [2.05, 4.69) is 0 Å². The van der Waals surface area contributed by atoms with Crippen molar-refractivity contribution in [2.45, 2.75) is 6.18 Å². The molecule has 0 unspecified atom stereocenters. The zero-order chi connectivity index (χ0) is 8.04. The van der Waals surface area contributed by atoms with Gasteiger partial charge < -0.3 is 5.73 Å². The van der Waals surface area contributed by atoms with Crippen LogP contribution in [0.15, 0.2) is 24.3 Å². The summed E-state index contributed by atoms with van der Waals surface area (Å²) in [6.45, 7) is 0.252. The summed E-state index contributed by atoms with van der Waals surface area (Å²) >= 11 is 0. The van der Waals surface area contributed by atoms with Gasteiger partial charge in [-0.05, 0) is 0 Å². The van der Waals surface area contributed by atoms with Crippen molar-refractivity contribution in [3.05, 3.63) is 24.3 Å². The fourth-order valence-electron chi connectivity index (χ4n) is 0.322. The van der Waals surface area contributed by atoms with Crippen LogP contribution in [0.5, 0.6) is 0 Å². The van der Waals surface area contributed by atoms with Crippen LogP contribution in [0.25, 0.3) is 0 Å². The number of hydrogen-bond acceptors (Lipinski definition) is 1. The van der Waals surface area contributed by atoms with E-state index >= 15 is 0 Å². The van der Waals surface area contributed by atoms with Gasteiger partial charge in [-0.3, -0.25) is 0 Å². The predicted molar refractivity (Wildman–Crippen MR) is 33.4 cm³/mol. The molecule has 0 fully saturated rings. The molecule has 0 aromatic heterocycles. The van der Waals surface area contributed by atoms with Crippen LogP contribution in [-0.2, 0) is 0 Å². The van der Waals surface area contributed by atoms with Crippen molar-refractivity contribution in [3.63, 3.8) is 0 Å². The standard InChI is InChI=1S/C6H8F3N/c7-6(8,9)4-2-1-3-5-10/h1-4H,5,10H2. The molecule has 10 heavy (non-hydrogen) atoms. The first kappa shape index (κ1) is 9.23. The SMILES string of the molecule is NCC=CC=CC(F)(F)F. The average Bonchev–Trinajstić information content (AvgIpc) is 1.78. The smallest absolute Gasteiger partial charge is 0.327 e. The van der Waals surface area contributed by atoms with Crippen molar-refractivity contribution < 1.29 is 13.2 Å². The fraction of sp³-hybridized carbons (Fsp3) is 0.333. The Morgan fingerprint density at radius 1 is 1.20 bits per heavy atom. The summed E-state index contributed by atoms with van der Waals surface area (Å²) in [6.07, 6.45) is -0.472. The number of halogens is 3. The molecule has 0 aliphatic heterocycles. The Bertz CT molecular complexity index is 134. The molecule has 0 radical (unpaired) electrons. The van der Waals surface area contributed by atoms with Crippen molar-refractivity contribution >= 4 is 0 Å². The summed E-state index contributed by atoms with van der Waals surface area (Å²) in [4.78, 5) is 0. The molecule has 4 heteroatoms. The zero-order valence-electron chi connectivity index (χ0n) is 5.23. The minimum absolute atomic E-state index is 0.152. The molecule has 0 amide bonds. The quantitative estimate of drug-likeness (QED) is 0.596. The van der Waals surface area contributed by atoms with Crippen LogP contribution in [0.4, 0.5) is 13.2 Å². The minimum atomic E-state index is -4.22. The zero-order valence-corrected chi connectivity index (χ0v) is 5.23. The largest absolute Gasteiger partial charge is 0.409 e. The monoisotopic (exact) mass is 151 g/mol. The van der Waals surface area contributed by atoms with E-state index < -0.39 is 6.18 Å². The number of hydrogen-bond donors (Lipinski definition) is 1. The van der Waals surface area contributed by atoms with E-state index in [0.29, 0.717) is 0 Å². The Kier molecular flexibility index (Phi) is 3.79. The molecule has 0 bridgehead atoms. The van der Waals surface area contributed by atoms with Gasteiger partial charge in [0.2, 0.25) is 0 Å². The normalized spacial score (nSPS) is 13.6. The van der Waals surface area contributed by atoms with Gasteiger partial charge in [-0.25, -0.2) is 0 Å². The molecule has 2 N–H and O–H groups in total. The van der Waals surface area contributed by atoms with Gasteiger partial charge in [0.15, 0.2) is 0 Å². The highest BCUT2D eigenvalue weighted by molar-refractivity contribution is 5.05. The van der Waals surface area contributed by atoms with E-state index in [1.54, 1.807) is 0 Å². The van der Waals surface area contributed by atoms with Crippen LogP contribution in [0.2, 0.25) is 0 Å². The van der Waals surface area contributed by atoms with E-state index in [1.807, 2.05) is 0 Å². The van der Waals surface area contributed by atoms with Crippen LogP contribution in [0.1, 0.15) is 0 Å². The molecule has 0 atom stereocenters. The van der Waals surface area contributed by atoms with Crippen LogP contribution in [-0.4, -0.2) is 12.7 Å². The summed E-state index contributed by atoms with van der Waals surface area (Å²) in [7, 11) is 0. The second kappa shape index (κ2) is 4.11. The maximum Gasteiger partial charge on any atom is 0.409 e. The maximum absolute atomic E-state index is 11.3. The predicted octanol–water partition coefficient (Wildman–Crippen LogP) is 1.62. The van der Waals surface area contributed by atoms with Gasteiger partial charge in [0.25, 0.3) is 0 Å². The molecule has 0 aliphatic rings. The molecule has 58 valence electrons.